The highest BCUT2D eigenvalue weighted by Gasteiger charge is 2.14. The normalized spacial score (nSPS) is 13.1. The van der Waals surface area contributed by atoms with Gasteiger partial charge in [0.15, 0.2) is 11.5 Å². The van der Waals surface area contributed by atoms with Gasteiger partial charge < -0.3 is 19.7 Å². The molecule has 5 nitrogen and oxygen atoms in total. The van der Waals surface area contributed by atoms with Gasteiger partial charge in [0.2, 0.25) is 5.91 Å². The first-order valence-electron chi connectivity index (χ1n) is 6.98. The molecule has 1 heterocycles. The minimum Gasteiger partial charge on any atom is -0.486 e. The van der Waals surface area contributed by atoms with Gasteiger partial charge in [-0.3, -0.25) is 4.79 Å². The summed E-state index contributed by atoms with van der Waals surface area (Å²) in [4.78, 5) is 13.7. The van der Waals surface area contributed by atoms with Crippen molar-refractivity contribution in [2.24, 2.45) is 0 Å². The Kier molecular flexibility index (Phi) is 5.24. The maximum Gasteiger partial charge on any atom is 0.222 e. The third-order valence-corrected chi connectivity index (χ3v) is 3.27. The highest BCUT2D eigenvalue weighted by atomic mass is 16.6. The van der Waals surface area contributed by atoms with Crippen molar-refractivity contribution in [3.63, 3.8) is 0 Å². The first-order valence-corrected chi connectivity index (χ1v) is 6.98. The molecule has 1 aliphatic rings. The van der Waals surface area contributed by atoms with E-state index in [0.29, 0.717) is 26.2 Å². The predicted octanol–water partition coefficient (Wildman–Crippen LogP) is 1.42. The van der Waals surface area contributed by atoms with Crippen molar-refractivity contribution in [2.75, 3.05) is 33.9 Å². The molecule has 1 aliphatic heterocycles. The van der Waals surface area contributed by atoms with Crippen LogP contribution in [0, 0.1) is 0 Å². The molecule has 0 unspecified atom stereocenters. The lowest BCUT2D eigenvalue weighted by Crippen LogP contribution is -2.26. The largest absolute Gasteiger partial charge is 0.486 e. The molecule has 0 aliphatic carbocycles. The molecule has 0 saturated heterocycles. The molecular weight excluding hydrogens is 256 g/mol. The summed E-state index contributed by atoms with van der Waals surface area (Å²) in [6.45, 7) is 2.63. The maximum absolute atomic E-state index is 12.0. The second kappa shape index (κ2) is 7.14. The minimum atomic E-state index is 0.162. The molecule has 1 aromatic carbocycles. The fourth-order valence-corrected chi connectivity index (χ4v) is 2.16. The van der Waals surface area contributed by atoms with E-state index in [9.17, 15) is 4.79 Å². The molecule has 0 atom stereocenters. The predicted molar refractivity (Wildman–Crippen MR) is 77.1 cm³/mol. The van der Waals surface area contributed by atoms with Gasteiger partial charge in [-0.2, -0.15) is 0 Å². The van der Waals surface area contributed by atoms with E-state index in [-0.39, 0.29) is 5.91 Å². The standard InChI is InChI=1S/C15H22N2O3/c1-16-7-3-4-15(18)17(2)11-12-5-6-13-14(10-12)20-9-8-19-13/h5-6,10,16H,3-4,7-9,11H2,1-2H3. The highest BCUT2D eigenvalue weighted by molar-refractivity contribution is 5.75. The minimum absolute atomic E-state index is 0.162. The molecule has 1 amide bonds. The van der Waals surface area contributed by atoms with Gasteiger partial charge in [-0.25, -0.2) is 0 Å². The molecule has 0 saturated carbocycles. The van der Waals surface area contributed by atoms with Crippen LogP contribution in [-0.4, -0.2) is 44.7 Å². The number of carbonyl (C=O) groups excluding carboxylic acids is 1. The van der Waals surface area contributed by atoms with E-state index >= 15 is 0 Å². The number of nitrogens with zero attached hydrogens (tertiary/aromatic N) is 1. The summed E-state index contributed by atoms with van der Waals surface area (Å²) < 4.78 is 11.0. The summed E-state index contributed by atoms with van der Waals surface area (Å²) in [7, 11) is 3.72. The lowest BCUT2D eigenvalue weighted by molar-refractivity contribution is -0.130. The lowest BCUT2D eigenvalue weighted by Gasteiger charge is -2.21. The lowest BCUT2D eigenvalue weighted by atomic mass is 10.1. The topological polar surface area (TPSA) is 50.8 Å². The van der Waals surface area contributed by atoms with Crippen LogP contribution < -0.4 is 14.8 Å². The van der Waals surface area contributed by atoms with Crippen molar-refractivity contribution >= 4 is 5.91 Å². The van der Waals surface area contributed by atoms with Gasteiger partial charge >= 0.3 is 0 Å². The molecule has 5 heteroatoms. The second-order valence-electron chi connectivity index (χ2n) is 4.93. The summed E-state index contributed by atoms with van der Waals surface area (Å²) in [6, 6.07) is 5.83. The number of benzene rings is 1. The zero-order valence-electron chi connectivity index (χ0n) is 12.1. The summed E-state index contributed by atoms with van der Waals surface area (Å²) >= 11 is 0. The van der Waals surface area contributed by atoms with Crippen molar-refractivity contribution in [2.45, 2.75) is 19.4 Å². The van der Waals surface area contributed by atoms with Crippen molar-refractivity contribution in [3.8, 4) is 11.5 Å². The molecule has 2 rings (SSSR count). The van der Waals surface area contributed by atoms with Crippen LogP contribution in [0.2, 0.25) is 0 Å². The van der Waals surface area contributed by atoms with E-state index in [2.05, 4.69) is 5.32 Å². The Hall–Kier alpha value is -1.75. The molecule has 0 bridgehead atoms. The fraction of sp³-hybridized carbons (Fsp3) is 0.533. The Morgan fingerprint density at radius 2 is 2.05 bits per heavy atom. The molecule has 1 aromatic rings. The van der Waals surface area contributed by atoms with Crippen molar-refractivity contribution in [1.29, 1.82) is 0 Å². The monoisotopic (exact) mass is 278 g/mol. The van der Waals surface area contributed by atoms with Gasteiger partial charge in [-0.1, -0.05) is 6.07 Å². The molecule has 20 heavy (non-hydrogen) atoms. The zero-order valence-corrected chi connectivity index (χ0v) is 12.1. The number of hydrogen-bond donors (Lipinski definition) is 1. The summed E-state index contributed by atoms with van der Waals surface area (Å²) in [6.07, 6.45) is 1.43. The Labute approximate surface area is 119 Å². The van der Waals surface area contributed by atoms with Gasteiger partial charge in [-0.15, -0.1) is 0 Å². The van der Waals surface area contributed by atoms with Crippen molar-refractivity contribution in [3.05, 3.63) is 23.8 Å². The van der Waals surface area contributed by atoms with Crippen LogP contribution in [0.3, 0.4) is 0 Å². The third kappa shape index (κ3) is 3.87. The van der Waals surface area contributed by atoms with Gasteiger partial charge in [0.1, 0.15) is 13.2 Å². The Balaban J connectivity index is 1.90. The number of rotatable bonds is 6. The van der Waals surface area contributed by atoms with Gasteiger partial charge in [0, 0.05) is 20.0 Å². The van der Waals surface area contributed by atoms with Crippen LogP contribution in [0.5, 0.6) is 11.5 Å². The smallest absolute Gasteiger partial charge is 0.222 e. The number of ether oxygens (including phenoxy) is 2. The zero-order chi connectivity index (χ0) is 14.4. The van der Waals surface area contributed by atoms with Crippen LogP contribution in [0.15, 0.2) is 18.2 Å². The molecule has 0 radical (unpaired) electrons. The molecule has 1 N–H and O–H groups in total. The van der Waals surface area contributed by atoms with Gasteiger partial charge in [0.05, 0.1) is 0 Å². The Morgan fingerprint density at radius 3 is 2.80 bits per heavy atom. The molecule has 0 aromatic heterocycles. The summed E-state index contributed by atoms with van der Waals surface area (Å²) in [5.74, 6) is 1.71. The Bertz CT molecular complexity index is 462. The first-order chi connectivity index (χ1) is 9.70. The maximum atomic E-state index is 12.0. The summed E-state index contributed by atoms with van der Waals surface area (Å²) in [5.41, 5.74) is 1.05. The van der Waals surface area contributed by atoms with E-state index < -0.39 is 0 Å². The summed E-state index contributed by atoms with van der Waals surface area (Å²) in [5, 5.41) is 3.04. The average molecular weight is 278 g/mol. The molecular formula is C15H22N2O3. The SMILES string of the molecule is CNCCCC(=O)N(C)Cc1ccc2c(c1)OCCO2. The second-order valence-corrected chi connectivity index (χ2v) is 4.93. The van der Waals surface area contributed by atoms with Crippen LogP contribution in [0.25, 0.3) is 0 Å². The van der Waals surface area contributed by atoms with E-state index in [1.165, 1.54) is 0 Å². The number of carbonyl (C=O) groups is 1. The number of amides is 1. The van der Waals surface area contributed by atoms with E-state index in [1.807, 2.05) is 32.3 Å². The molecule has 0 spiro atoms. The van der Waals surface area contributed by atoms with E-state index in [1.54, 1.807) is 4.90 Å². The number of fused-ring (bicyclic) bond motifs is 1. The number of hydrogen-bond acceptors (Lipinski definition) is 4. The van der Waals surface area contributed by atoms with Crippen LogP contribution >= 0.6 is 0 Å². The van der Waals surface area contributed by atoms with Crippen LogP contribution in [0.4, 0.5) is 0 Å². The van der Waals surface area contributed by atoms with E-state index in [0.717, 1.165) is 30.0 Å². The average Bonchev–Trinajstić information content (AvgIpc) is 2.47. The molecule has 0 fully saturated rings. The fourth-order valence-electron chi connectivity index (χ4n) is 2.16. The third-order valence-electron chi connectivity index (χ3n) is 3.27. The van der Waals surface area contributed by atoms with E-state index in [4.69, 9.17) is 9.47 Å². The quantitative estimate of drug-likeness (QED) is 0.800. The number of nitrogens with one attached hydrogen (secondary N) is 1. The van der Waals surface area contributed by atoms with Crippen molar-refractivity contribution < 1.29 is 14.3 Å². The Morgan fingerprint density at radius 1 is 1.30 bits per heavy atom. The van der Waals surface area contributed by atoms with Crippen LogP contribution in [0.1, 0.15) is 18.4 Å². The van der Waals surface area contributed by atoms with Gasteiger partial charge in [0.25, 0.3) is 0 Å². The van der Waals surface area contributed by atoms with Crippen LogP contribution in [-0.2, 0) is 11.3 Å². The van der Waals surface area contributed by atoms with Gasteiger partial charge in [-0.05, 0) is 37.7 Å². The highest BCUT2D eigenvalue weighted by Crippen LogP contribution is 2.31. The molecule has 110 valence electrons. The first kappa shape index (κ1) is 14.7. The van der Waals surface area contributed by atoms with Crippen molar-refractivity contribution in [1.82, 2.24) is 10.2 Å².